The fourth-order valence-corrected chi connectivity index (χ4v) is 1.34. The van der Waals surface area contributed by atoms with Crippen molar-refractivity contribution in [1.82, 2.24) is 0 Å². The average molecular weight is 256 g/mol. The van der Waals surface area contributed by atoms with Gasteiger partial charge in [-0.2, -0.15) is 0 Å². The van der Waals surface area contributed by atoms with Gasteiger partial charge >= 0.3 is 0 Å². The van der Waals surface area contributed by atoms with Crippen molar-refractivity contribution in [1.29, 1.82) is 0 Å². The van der Waals surface area contributed by atoms with Crippen molar-refractivity contribution in [3.05, 3.63) is 29.8 Å². The second-order valence-corrected chi connectivity index (χ2v) is 4.04. The lowest BCUT2D eigenvalue weighted by Crippen LogP contribution is -2.17. The highest BCUT2D eigenvalue weighted by Gasteiger charge is 2.06. The highest BCUT2D eigenvalue weighted by molar-refractivity contribution is 9.08. The van der Waals surface area contributed by atoms with Crippen molar-refractivity contribution in [2.75, 3.05) is 5.32 Å². The van der Waals surface area contributed by atoms with Gasteiger partial charge in [-0.05, 0) is 17.7 Å². The Labute approximate surface area is 92.8 Å². The quantitative estimate of drug-likeness (QED) is 0.827. The van der Waals surface area contributed by atoms with Gasteiger partial charge in [0.2, 0.25) is 5.91 Å². The molecule has 0 fully saturated rings. The number of amides is 1. The molecule has 2 nitrogen and oxygen atoms in total. The van der Waals surface area contributed by atoms with Crippen LogP contribution in [0.15, 0.2) is 24.3 Å². The molecule has 0 aliphatic heterocycles. The molecule has 0 bridgehead atoms. The zero-order chi connectivity index (χ0) is 10.6. The molecule has 0 spiro atoms. The second kappa shape index (κ2) is 5.15. The zero-order valence-electron chi connectivity index (χ0n) is 8.38. The molecule has 1 amide bonds. The number of anilines is 1. The van der Waals surface area contributed by atoms with Crippen LogP contribution in [0.25, 0.3) is 0 Å². The third kappa shape index (κ3) is 3.14. The van der Waals surface area contributed by atoms with Crippen LogP contribution >= 0.6 is 15.9 Å². The van der Waals surface area contributed by atoms with Gasteiger partial charge in [0.25, 0.3) is 0 Å². The summed E-state index contributed by atoms with van der Waals surface area (Å²) in [4.78, 5) is 11.3. The van der Waals surface area contributed by atoms with Gasteiger partial charge in [0.1, 0.15) is 0 Å². The number of nitrogens with one attached hydrogen (secondary N) is 1. The summed E-state index contributed by atoms with van der Waals surface area (Å²) >= 11 is 3.37. The number of carbonyl (C=O) groups is 1. The van der Waals surface area contributed by atoms with Crippen LogP contribution in [-0.2, 0) is 10.1 Å². The molecule has 0 aliphatic carbocycles. The van der Waals surface area contributed by atoms with Gasteiger partial charge in [-0.3, -0.25) is 4.79 Å². The highest BCUT2D eigenvalue weighted by Crippen LogP contribution is 2.12. The summed E-state index contributed by atoms with van der Waals surface area (Å²) < 4.78 is 0. The third-order valence-electron chi connectivity index (χ3n) is 1.90. The van der Waals surface area contributed by atoms with E-state index in [2.05, 4.69) is 21.2 Å². The monoisotopic (exact) mass is 255 g/mol. The van der Waals surface area contributed by atoms with Crippen molar-refractivity contribution in [2.45, 2.75) is 19.2 Å². The summed E-state index contributed by atoms with van der Waals surface area (Å²) in [6.45, 7) is 3.75. The largest absolute Gasteiger partial charge is 0.326 e. The van der Waals surface area contributed by atoms with Gasteiger partial charge in [-0.25, -0.2) is 0 Å². The molecule has 0 radical (unpaired) electrons. The molecule has 1 aromatic carbocycles. The van der Waals surface area contributed by atoms with Gasteiger partial charge in [0.05, 0.1) is 0 Å². The van der Waals surface area contributed by atoms with Crippen molar-refractivity contribution in [2.24, 2.45) is 5.92 Å². The Morgan fingerprint density at radius 2 is 1.93 bits per heavy atom. The molecule has 14 heavy (non-hydrogen) atoms. The smallest absolute Gasteiger partial charge is 0.226 e. The first-order chi connectivity index (χ1) is 6.63. The van der Waals surface area contributed by atoms with Crippen LogP contribution in [-0.4, -0.2) is 5.91 Å². The highest BCUT2D eigenvalue weighted by atomic mass is 79.9. The first kappa shape index (κ1) is 11.2. The Kier molecular flexibility index (Phi) is 4.14. The van der Waals surface area contributed by atoms with Gasteiger partial charge in [-0.15, -0.1) is 0 Å². The van der Waals surface area contributed by atoms with E-state index in [0.29, 0.717) is 0 Å². The van der Waals surface area contributed by atoms with E-state index in [0.717, 1.165) is 11.0 Å². The van der Waals surface area contributed by atoms with Crippen LogP contribution in [0.1, 0.15) is 19.4 Å². The van der Waals surface area contributed by atoms with E-state index >= 15 is 0 Å². The molecular weight excluding hydrogens is 242 g/mol. The van der Waals surface area contributed by atoms with Crippen molar-refractivity contribution in [3.63, 3.8) is 0 Å². The lowest BCUT2D eigenvalue weighted by Gasteiger charge is -2.07. The Morgan fingerprint density at radius 3 is 2.36 bits per heavy atom. The Morgan fingerprint density at radius 1 is 1.36 bits per heavy atom. The van der Waals surface area contributed by atoms with Gasteiger partial charge in [0, 0.05) is 16.9 Å². The summed E-state index contributed by atoms with van der Waals surface area (Å²) in [7, 11) is 0. The third-order valence-corrected chi connectivity index (χ3v) is 2.55. The van der Waals surface area contributed by atoms with E-state index in [-0.39, 0.29) is 11.8 Å². The second-order valence-electron chi connectivity index (χ2n) is 3.47. The van der Waals surface area contributed by atoms with E-state index in [1.807, 2.05) is 38.1 Å². The fourth-order valence-electron chi connectivity index (χ4n) is 0.964. The maximum atomic E-state index is 11.3. The van der Waals surface area contributed by atoms with Crippen LogP contribution in [0, 0.1) is 5.92 Å². The summed E-state index contributed by atoms with van der Waals surface area (Å²) in [5.41, 5.74) is 2.06. The Balaban J connectivity index is 2.64. The number of benzene rings is 1. The average Bonchev–Trinajstić information content (AvgIpc) is 2.19. The van der Waals surface area contributed by atoms with Crippen LogP contribution in [0.4, 0.5) is 5.69 Å². The minimum absolute atomic E-state index is 0.0193. The predicted octanol–water partition coefficient (Wildman–Crippen LogP) is 3.18. The Hall–Kier alpha value is -0.830. The summed E-state index contributed by atoms with van der Waals surface area (Å²) in [6, 6.07) is 7.81. The molecule has 1 N–H and O–H groups in total. The zero-order valence-corrected chi connectivity index (χ0v) is 9.97. The van der Waals surface area contributed by atoms with E-state index in [1.54, 1.807) is 0 Å². The molecule has 0 unspecified atom stereocenters. The molecule has 0 aromatic heterocycles. The van der Waals surface area contributed by atoms with Crippen LogP contribution in [0.5, 0.6) is 0 Å². The first-order valence-electron chi connectivity index (χ1n) is 4.59. The number of rotatable bonds is 3. The number of hydrogen-bond acceptors (Lipinski definition) is 1. The van der Waals surface area contributed by atoms with Crippen molar-refractivity contribution >= 4 is 27.5 Å². The lowest BCUT2D eigenvalue weighted by atomic mass is 10.2. The summed E-state index contributed by atoms with van der Waals surface area (Å²) in [5, 5.41) is 3.68. The lowest BCUT2D eigenvalue weighted by molar-refractivity contribution is -0.118. The molecule has 1 aromatic rings. The molecule has 3 heteroatoms. The SMILES string of the molecule is CC(C)C(=O)Nc1ccc(CBr)cc1. The number of carbonyl (C=O) groups excluding carboxylic acids is 1. The molecule has 0 heterocycles. The molecule has 0 aliphatic rings. The van der Waals surface area contributed by atoms with Gasteiger partial charge < -0.3 is 5.32 Å². The molecule has 76 valence electrons. The van der Waals surface area contributed by atoms with E-state index in [4.69, 9.17) is 0 Å². The van der Waals surface area contributed by atoms with E-state index < -0.39 is 0 Å². The molecule has 0 saturated heterocycles. The number of alkyl halides is 1. The molecular formula is C11H14BrNO. The number of halogens is 1. The topological polar surface area (TPSA) is 29.1 Å². The maximum absolute atomic E-state index is 11.3. The van der Waals surface area contributed by atoms with Crippen LogP contribution < -0.4 is 5.32 Å². The normalized spacial score (nSPS) is 10.3. The van der Waals surface area contributed by atoms with Crippen LogP contribution in [0.3, 0.4) is 0 Å². The fraction of sp³-hybridized carbons (Fsp3) is 0.364. The predicted molar refractivity (Wildman–Crippen MR) is 62.5 cm³/mol. The van der Waals surface area contributed by atoms with Crippen molar-refractivity contribution in [3.8, 4) is 0 Å². The summed E-state index contributed by atoms with van der Waals surface area (Å²) in [6.07, 6.45) is 0. The molecule has 0 saturated carbocycles. The maximum Gasteiger partial charge on any atom is 0.226 e. The van der Waals surface area contributed by atoms with E-state index in [1.165, 1.54) is 5.56 Å². The molecule has 0 atom stereocenters. The Bertz CT molecular complexity index is 306. The number of hydrogen-bond donors (Lipinski definition) is 1. The standard InChI is InChI=1S/C11H14BrNO/c1-8(2)11(14)13-10-5-3-9(7-12)4-6-10/h3-6,8H,7H2,1-2H3,(H,13,14). The van der Waals surface area contributed by atoms with Crippen molar-refractivity contribution < 1.29 is 4.79 Å². The minimum Gasteiger partial charge on any atom is -0.326 e. The summed E-state index contributed by atoms with van der Waals surface area (Å²) in [5.74, 6) is 0.0717. The van der Waals surface area contributed by atoms with Gasteiger partial charge in [0.15, 0.2) is 0 Å². The minimum atomic E-state index is 0.0193. The van der Waals surface area contributed by atoms with E-state index in [9.17, 15) is 4.79 Å². The molecule has 1 rings (SSSR count). The van der Waals surface area contributed by atoms with Crippen LogP contribution in [0.2, 0.25) is 0 Å². The van der Waals surface area contributed by atoms with Gasteiger partial charge in [-0.1, -0.05) is 41.9 Å². The first-order valence-corrected chi connectivity index (χ1v) is 5.71.